The summed E-state index contributed by atoms with van der Waals surface area (Å²) in [5, 5.41) is 0. The van der Waals surface area contributed by atoms with E-state index in [1.807, 2.05) is 0 Å². The van der Waals surface area contributed by atoms with Crippen LogP contribution in [0, 0.1) is 10.7 Å². The van der Waals surface area contributed by atoms with Crippen LogP contribution in [0.2, 0.25) is 0 Å². The second kappa shape index (κ2) is 123. The van der Waals surface area contributed by atoms with Crippen molar-refractivity contribution in [2.24, 2.45) is 0 Å². The fourth-order valence-corrected chi connectivity index (χ4v) is 0. The van der Waals surface area contributed by atoms with Crippen molar-refractivity contribution >= 4 is 0 Å². The Labute approximate surface area is 37.6 Å². The molecule has 0 spiro atoms. The van der Waals surface area contributed by atoms with Gasteiger partial charge >= 0.3 is 23.2 Å². The van der Waals surface area contributed by atoms with Crippen LogP contribution in [0.5, 0.6) is 0 Å². The van der Waals surface area contributed by atoms with E-state index in [9.17, 15) is 0 Å². The molecule has 0 unspecified atom stereocenters. The van der Waals surface area contributed by atoms with Crippen LogP contribution in [0.25, 0.3) is 0 Å². The van der Waals surface area contributed by atoms with E-state index in [1.54, 1.807) is 6.92 Å². The molecule has 0 saturated heterocycles. The third kappa shape index (κ3) is 29.6. The number of hydrogen-bond acceptors (Lipinski definition) is 1. The first-order valence-corrected chi connectivity index (χ1v) is 2.20. The molecule has 0 heterocycles. The molecular weight excluding hydrogens is 222 g/mol. The van der Waals surface area contributed by atoms with Crippen LogP contribution in [-0.4, -0.2) is 0 Å². The quantitative estimate of drug-likeness (QED) is 0.562. The summed E-state index contributed by atoms with van der Waals surface area (Å²) in [5.41, 5.74) is 0. The second-order valence-corrected chi connectivity index (χ2v) is 0. The van der Waals surface area contributed by atoms with Gasteiger partial charge in [0, 0.05) is 0 Å². The van der Waals surface area contributed by atoms with E-state index in [0.717, 1.165) is 0 Å². The van der Waals surface area contributed by atoms with E-state index in [-0.39, 0.29) is 0 Å². The summed E-state index contributed by atoms with van der Waals surface area (Å²) in [5.74, 6) is 0. The fraction of sp³-hybridized carbons (Fsp3) is 0.500. The molecule has 0 atom stereocenters. The predicted octanol–water partition coefficient (Wildman–Crippen LogP) is 0.853. The van der Waals surface area contributed by atoms with Gasteiger partial charge in [-0.15, -0.1) is 0 Å². The zero-order chi connectivity index (χ0) is 4.00. The van der Waals surface area contributed by atoms with E-state index in [0.29, 0.717) is 19.4 Å². The van der Waals surface area contributed by atoms with E-state index in [2.05, 4.69) is 6.92 Å². The van der Waals surface area contributed by atoms with Gasteiger partial charge in [-0.3, -0.25) is 0 Å². The van der Waals surface area contributed by atoms with Crippen molar-refractivity contribution in [3.05, 3.63) is 6.92 Å². The first kappa shape index (κ1) is 8.83. The van der Waals surface area contributed by atoms with Crippen LogP contribution in [-0.2, 0) is 19.4 Å². The van der Waals surface area contributed by atoms with Crippen molar-refractivity contribution in [2.45, 2.75) is 6.92 Å². The molecular formula is C2H5NW. The van der Waals surface area contributed by atoms with Crippen LogP contribution < -0.4 is 0 Å². The van der Waals surface area contributed by atoms with Crippen LogP contribution >= 0.6 is 0 Å². The van der Waals surface area contributed by atoms with Crippen molar-refractivity contribution in [3.63, 3.8) is 0 Å². The molecule has 0 amide bonds. The average molecular weight is 227 g/mol. The number of rotatable bonds is 0. The SMILES string of the molecule is [CH2-]C.[N]#[W+]. The molecule has 0 saturated carbocycles. The molecule has 0 aromatic heterocycles. The normalized spacial score (nSPS) is 2.00. The summed E-state index contributed by atoms with van der Waals surface area (Å²) in [4.78, 5) is 0. The molecule has 0 aromatic carbocycles. The zero-order valence-corrected chi connectivity index (χ0v) is 5.50. The van der Waals surface area contributed by atoms with Crippen LogP contribution in [0.3, 0.4) is 0 Å². The standard InChI is InChI=1S/C2H5.N.W/c1-2;;/h1H2,2H3;;/q-1;;+1. The molecule has 0 bridgehead atoms. The molecule has 4 heavy (non-hydrogen) atoms. The molecule has 0 radical (unpaired) electrons. The summed E-state index contributed by atoms with van der Waals surface area (Å²) in [6.07, 6.45) is 0. The summed E-state index contributed by atoms with van der Waals surface area (Å²) >= 11 is 0.583. The first-order valence-electron chi connectivity index (χ1n) is 0.890. The molecule has 0 aliphatic rings. The van der Waals surface area contributed by atoms with Gasteiger partial charge in [0.2, 0.25) is 0 Å². The van der Waals surface area contributed by atoms with Gasteiger partial charge in [0.1, 0.15) is 0 Å². The number of hydrogen-bond donors (Lipinski definition) is 0. The first-order chi connectivity index (χ1) is 2.00. The third-order valence-electron chi connectivity index (χ3n) is 0. The fourth-order valence-electron chi connectivity index (χ4n) is 0. The van der Waals surface area contributed by atoms with E-state index in [1.165, 1.54) is 0 Å². The minimum absolute atomic E-state index is 0.583. The Kier molecular flexibility index (Phi) is 272. The Morgan fingerprint density at radius 2 is 1.50 bits per heavy atom. The van der Waals surface area contributed by atoms with Gasteiger partial charge in [-0.25, -0.2) is 0 Å². The van der Waals surface area contributed by atoms with Crippen LogP contribution in [0.4, 0.5) is 0 Å². The zero-order valence-electron chi connectivity index (χ0n) is 2.56. The van der Waals surface area contributed by atoms with Crippen LogP contribution in [0.15, 0.2) is 0 Å². The summed E-state index contributed by atoms with van der Waals surface area (Å²) in [6.45, 7) is 5.00. The number of nitrogens with zero attached hydrogens (tertiary/aromatic N) is 1. The van der Waals surface area contributed by atoms with E-state index >= 15 is 0 Å². The Balaban J connectivity index is 0. The van der Waals surface area contributed by atoms with Gasteiger partial charge in [-0.2, -0.15) is 6.92 Å². The molecule has 0 N–H and O–H groups in total. The monoisotopic (exact) mass is 227 g/mol. The van der Waals surface area contributed by atoms with Crippen molar-refractivity contribution < 1.29 is 19.4 Å². The molecule has 0 aromatic rings. The maximum atomic E-state index is 7.08. The van der Waals surface area contributed by atoms with E-state index in [4.69, 9.17) is 3.73 Å². The molecule has 0 rings (SSSR count). The van der Waals surface area contributed by atoms with Crippen molar-refractivity contribution in [2.75, 3.05) is 0 Å². The minimum atomic E-state index is 0.583. The van der Waals surface area contributed by atoms with Crippen molar-refractivity contribution in [1.82, 2.24) is 0 Å². The summed E-state index contributed by atoms with van der Waals surface area (Å²) in [7, 11) is 0. The Bertz CT molecular complexity index is 10.8. The van der Waals surface area contributed by atoms with Gasteiger partial charge in [0.25, 0.3) is 0 Å². The van der Waals surface area contributed by atoms with Gasteiger partial charge in [-0.05, 0) is 0 Å². The predicted molar refractivity (Wildman–Crippen MR) is 12.8 cm³/mol. The van der Waals surface area contributed by atoms with Gasteiger partial charge in [0.15, 0.2) is 0 Å². The Morgan fingerprint density at radius 3 is 1.50 bits per heavy atom. The van der Waals surface area contributed by atoms with E-state index < -0.39 is 0 Å². The summed E-state index contributed by atoms with van der Waals surface area (Å²) < 4.78 is 7.08. The second-order valence-electron chi connectivity index (χ2n) is 0. The average Bonchev–Trinajstić information content (AvgIpc) is 1.50. The molecule has 0 aliphatic heterocycles. The molecule has 1 nitrogen and oxygen atoms in total. The third-order valence-corrected chi connectivity index (χ3v) is 0. The van der Waals surface area contributed by atoms with Crippen LogP contribution in [0.1, 0.15) is 6.92 Å². The molecule has 2 heteroatoms. The molecule has 0 fully saturated rings. The van der Waals surface area contributed by atoms with Crippen molar-refractivity contribution in [3.8, 4) is 0 Å². The van der Waals surface area contributed by atoms with Gasteiger partial charge in [-0.1, -0.05) is 0 Å². The maximum absolute atomic E-state index is 7.08. The topological polar surface area (TPSA) is 23.8 Å². The van der Waals surface area contributed by atoms with Gasteiger partial charge in [0.05, 0.1) is 0 Å². The van der Waals surface area contributed by atoms with Crippen molar-refractivity contribution in [1.29, 1.82) is 3.73 Å². The van der Waals surface area contributed by atoms with Gasteiger partial charge < -0.3 is 6.92 Å². The Morgan fingerprint density at radius 1 is 1.50 bits per heavy atom. The molecule has 0 aliphatic carbocycles. The summed E-state index contributed by atoms with van der Waals surface area (Å²) in [6, 6.07) is 0. The molecule has 24 valence electrons. The Hall–Kier alpha value is 0.398.